The summed E-state index contributed by atoms with van der Waals surface area (Å²) in [5.74, 6) is -0.549. The molecule has 0 saturated heterocycles. The Morgan fingerprint density at radius 3 is 2.50 bits per heavy atom. The lowest BCUT2D eigenvalue weighted by molar-refractivity contribution is -0.139. The molecular formula is C17H15NO5S. The van der Waals surface area contributed by atoms with Crippen molar-refractivity contribution in [3.63, 3.8) is 0 Å². The first-order chi connectivity index (χ1) is 11.4. The fourth-order valence-electron chi connectivity index (χ4n) is 2.56. The van der Waals surface area contributed by atoms with Crippen LogP contribution in [-0.4, -0.2) is 30.6 Å². The second-order valence-corrected chi connectivity index (χ2v) is 7.00. The standard InChI is InChI=1S/C17H15NO5S/c1-23-16(20)11-12-7-8-15(19)14-9-10-18(17(12)14)24(21,22)13-5-3-2-4-6-13/h2-10,19H,11H2,1H3. The van der Waals surface area contributed by atoms with E-state index < -0.39 is 16.0 Å². The van der Waals surface area contributed by atoms with Gasteiger partial charge in [0.15, 0.2) is 0 Å². The van der Waals surface area contributed by atoms with Crippen LogP contribution in [0.4, 0.5) is 0 Å². The first-order valence-corrected chi connectivity index (χ1v) is 8.58. The van der Waals surface area contributed by atoms with Crippen molar-refractivity contribution < 1.29 is 23.1 Å². The molecule has 3 rings (SSSR count). The number of benzene rings is 2. The van der Waals surface area contributed by atoms with Gasteiger partial charge in [-0.3, -0.25) is 4.79 Å². The van der Waals surface area contributed by atoms with E-state index in [0.717, 1.165) is 3.97 Å². The highest BCUT2D eigenvalue weighted by Crippen LogP contribution is 2.31. The van der Waals surface area contributed by atoms with Gasteiger partial charge < -0.3 is 9.84 Å². The number of fused-ring (bicyclic) bond motifs is 1. The maximum atomic E-state index is 12.9. The molecule has 0 atom stereocenters. The zero-order valence-electron chi connectivity index (χ0n) is 12.8. The molecule has 0 radical (unpaired) electrons. The first-order valence-electron chi connectivity index (χ1n) is 7.14. The third-order valence-corrected chi connectivity index (χ3v) is 5.43. The highest BCUT2D eigenvalue weighted by Gasteiger charge is 2.22. The molecule has 0 aliphatic rings. The molecular weight excluding hydrogens is 330 g/mol. The number of esters is 1. The molecule has 1 heterocycles. The lowest BCUT2D eigenvalue weighted by Gasteiger charge is -2.11. The van der Waals surface area contributed by atoms with Gasteiger partial charge in [0.25, 0.3) is 10.0 Å². The van der Waals surface area contributed by atoms with Crippen LogP contribution in [0.15, 0.2) is 59.6 Å². The average Bonchev–Trinajstić information content (AvgIpc) is 3.05. The summed E-state index contributed by atoms with van der Waals surface area (Å²) in [5.41, 5.74) is 0.725. The summed E-state index contributed by atoms with van der Waals surface area (Å²) < 4.78 is 31.5. The quantitative estimate of drug-likeness (QED) is 0.733. The number of hydrogen-bond donors (Lipinski definition) is 1. The highest BCUT2D eigenvalue weighted by atomic mass is 32.2. The molecule has 0 saturated carbocycles. The van der Waals surface area contributed by atoms with E-state index in [2.05, 4.69) is 4.74 Å². The SMILES string of the molecule is COC(=O)Cc1ccc(O)c2ccn(S(=O)(=O)c3ccccc3)c12. The van der Waals surface area contributed by atoms with Crippen LogP contribution in [-0.2, 0) is 26.0 Å². The van der Waals surface area contributed by atoms with Gasteiger partial charge in [0.05, 0.1) is 23.9 Å². The van der Waals surface area contributed by atoms with Crippen molar-refractivity contribution in [2.75, 3.05) is 7.11 Å². The Morgan fingerprint density at radius 1 is 1.12 bits per heavy atom. The topological polar surface area (TPSA) is 85.6 Å². The lowest BCUT2D eigenvalue weighted by Crippen LogP contribution is -2.14. The number of rotatable bonds is 4. The van der Waals surface area contributed by atoms with Gasteiger partial charge in [-0.15, -0.1) is 0 Å². The minimum atomic E-state index is -3.85. The summed E-state index contributed by atoms with van der Waals surface area (Å²) in [6.45, 7) is 0. The van der Waals surface area contributed by atoms with Crippen LogP contribution in [0.25, 0.3) is 10.9 Å². The minimum Gasteiger partial charge on any atom is -0.507 e. The van der Waals surface area contributed by atoms with Crippen LogP contribution >= 0.6 is 0 Å². The Hall–Kier alpha value is -2.80. The number of ether oxygens (including phenoxy) is 1. The lowest BCUT2D eigenvalue weighted by atomic mass is 10.1. The Morgan fingerprint density at radius 2 is 1.83 bits per heavy atom. The summed E-state index contributed by atoms with van der Waals surface area (Å²) in [4.78, 5) is 11.7. The molecule has 6 nitrogen and oxygen atoms in total. The monoisotopic (exact) mass is 345 g/mol. The molecule has 0 spiro atoms. The summed E-state index contributed by atoms with van der Waals surface area (Å²) in [5, 5.41) is 10.4. The van der Waals surface area contributed by atoms with E-state index in [4.69, 9.17) is 0 Å². The Kier molecular flexibility index (Phi) is 4.02. The number of carbonyl (C=O) groups excluding carboxylic acids is 1. The summed E-state index contributed by atoms with van der Waals surface area (Å²) in [6, 6.07) is 12.4. The molecule has 0 unspecified atom stereocenters. The number of methoxy groups -OCH3 is 1. The van der Waals surface area contributed by atoms with Crippen LogP contribution in [0.3, 0.4) is 0 Å². The molecule has 0 fully saturated rings. The van der Waals surface area contributed by atoms with E-state index >= 15 is 0 Å². The fourth-order valence-corrected chi connectivity index (χ4v) is 3.97. The highest BCUT2D eigenvalue weighted by molar-refractivity contribution is 7.90. The third kappa shape index (κ3) is 2.63. The molecule has 7 heteroatoms. The van der Waals surface area contributed by atoms with Crippen LogP contribution in [0, 0.1) is 0 Å². The van der Waals surface area contributed by atoms with Crippen molar-refractivity contribution in [2.45, 2.75) is 11.3 Å². The zero-order valence-corrected chi connectivity index (χ0v) is 13.7. The second kappa shape index (κ2) is 6.01. The van der Waals surface area contributed by atoms with E-state index in [1.165, 1.54) is 43.6 Å². The number of phenols is 1. The Labute approximate surface area is 139 Å². The molecule has 1 N–H and O–H groups in total. The molecule has 0 aliphatic heterocycles. The zero-order chi connectivity index (χ0) is 17.3. The van der Waals surface area contributed by atoms with E-state index in [1.807, 2.05) is 0 Å². The molecule has 24 heavy (non-hydrogen) atoms. The smallest absolute Gasteiger partial charge is 0.310 e. The first kappa shape index (κ1) is 16.1. The predicted octanol–water partition coefficient (Wildman–Crippen LogP) is 2.30. The number of hydrogen-bond acceptors (Lipinski definition) is 5. The van der Waals surface area contributed by atoms with Crippen LogP contribution < -0.4 is 0 Å². The van der Waals surface area contributed by atoms with Gasteiger partial charge in [0.1, 0.15) is 5.75 Å². The van der Waals surface area contributed by atoms with Crippen molar-refractivity contribution >= 4 is 26.9 Å². The van der Waals surface area contributed by atoms with Crippen molar-refractivity contribution in [3.8, 4) is 5.75 Å². The van der Waals surface area contributed by atoms with Gasteiger partial charge in [-0.05, 0) is 29.8 Å². The Balaban J connectivity index is 2.26. The minimum absolute atomic E-state index is 0.0550. The largest absolute Gasteiger partial charge is 0.507 e. The maximum Gasteiger partial charge on any atom is 0.310 e. The number of aromatic hydroxyl groups is 1. The number of aromatic nitrogens is 1. The van der Waals surface area contributed by atoms with Gasteiger partial charge in [0.2, 0.25) is 0 Å². The van der Waals surface area contributed by atoms with E-state index in [9.17, 15) is 18.3 Å². The van der Waals surface area contributed by atoms with Gasteiger partial charge in [-0.2, -0.15) is 0 Å². The molecule has 124 valence electrons. The fraction of sp³-hybridized carbons (Fsp3) is 0.118. The molecule has 2 aromatic carbocycles. The second-order valence-electron chi connectivity index (χ2n) is 5.19. The van der Waals surface area contributed by atoms with Gasteiger partial charge >= 0.3 is 5.97 Å². The molecule has 1 aromatic heterocycles. The van der Waals surface area contributed by atoms with Crippen LogP contribution in [0.5, 0.6) is 5.75 Å². The number of phenolic OH excluding ortho intramolecular Hbond substituents is 1. The Bertz CT molecular complexity index is 1010. The third-order valence-electron chi connectivity index (χ3n) is 3.74. The van der Waals surface area contributed by atoms with Gasteiger partial charge in [-0.25, -0.2) is 12.4 Å². The average molecular weight is 345 g/mol. The van der Waals surface area contributed by atoms with E-state index in [1.54, 1.807) is 18.2 Å². The van der Waals surface area contributed by atoms with Crippen LogP contribution in [0.1, 0.15) is 5.56 Å². The van der Waals surface area contributed by atoms with Crippen molar-refractivity contribution in [1.29, 1.82) is 0 Å². The van der Waals surface area contributed by atoms with Crippen molar-refractivity contribution in [2.24, 2.45) is 0 Å². The molecule has 0 aliphatic carbocycles. The van der Waals surface area contributed by atoms with E-state index in [0.29, 0.717) is 10.9 Å². The maximum absolute atomic E-state index is 12.9. The van der Waals surface area contributed by atoms with E-state index in [-0.39, 0.29) is 22.6 Å². The van der Waals surface area contributed by atoms with Crippen LogP contribution in [0.2, 0.25) is 0 Å². The summed E-state index contributed by atoms with van der Waals surface area (Å²) in [6.07, 6.45) is 1.27. The van der Waals surface area contributed by atoms with Crippen molar-refractivity contribution in [1.82, 2.24) is 3.97 Å². The predicted molar refractivity (Wildman–Crippen MR) is 88.3 cm³/mol. The van der Waals surface area contributed by atoms with Gasteiger partial charge in [0, 0.05) is 11.6 Å². The molecule has 3 aromatic rings. The normalized spacial score (nSPS) is 11.5. The van der Waals surface area contributed by atoms with Gasteiger partial charge in [-0.1, -0.05) is 24.3 Å². The summed E-state index contributed by atoms with van der Waals surface area (Å²) >= 11 is 0. The molecule has 0 amide bonds. The molecule has 0 bridgehead atoms. The summed E-state index contributed by atoms with van der Waals surface area (Å²) in [7, 11) is -2.59. The van der Waals surface area contributed by atoms with Crippen molar-refractivity contribution in [3.05, 3.63) is 60.3 Å². The number of carbonyl (C=O) groups is 1. The number of nitrogens with zero attached hydrogens (tertiary/aromatic N) is 1.